The van der Waals surface area contributed by atoms with Gasteiger partial charge in [-0.05, 0) is 48.2 Å². The van der Waals surface area contributed by atoms with Crippen molar-refractivity contribution in [1.29, 1.82) is 0 Å². The Kier molecular flexibility index (Phi) is 9.82. The fraction of sp³-hybridized carbons (Fsp3) is 0.259. The summed E-state index contributed by atoms with van der Waals surface area (Å²) in [6, 6.07) is 21.7. The smallest absolute Gasteiger partial charge is 0.243 e. The Hall–Kier alpha value is -2.53. The molecule has 0 fully saturated rings. The molecule has 0 aliphatic rings. The van der Waals surface area contributed by atoms with Crippen molar-refractivity contribution in [1.82, 2.24) is 10.2 Å². The lowest BCUT2D eigenvalue weighted by atomic mass is 10.0. The molecule has 34 heavy (non-hydrogen) atoms. The van der Waals surface area contributed by atoms with Crippen LogP contribution >= 0.6 is 34.8 Å². The lowest BCUT2D eigenvalue weighted by Gasteiger charge is -2.31. The molecule has 0 aliphatic heterocycles. The quantitative estimate of drug-likeness (QED) is 0.340. The molecule has 3 rings (SSSR count). The van der Waals surface area contributed by atoms with Crippen molar-refractivity contribution in [2.75, 3.05) is 6.54 Å². The van der Waals surface area contributed by atoms with Gasteiger partial charge in [-0.25, -0.2) is 0 Å². The average Bonchev–Trinajstić information content (AvgIpc) is 2.83. The molecule has 0 aliphatic carbocycles. The van der Waals surface area contributed by atoms with E-state index in [0.717, 1.165) is 16.7 Å². The molecule has 0 aromatic heterocycles. The third-order valence-electron chi connectivity index (χ3n) is 5.53. The molecule has 3 aromatic rings. The first-order valence-electron chi connectivity index (χ1n) is 11.2. The van der Waals surface area contributed by atoms with Gasteiger partial charge < -0.3 is 10.2 Å². The number of carbonyl (C=O) groups is 2. The van der Waals surface area contributed by atoms with Crippen molar-refractivity contribution < 1.29 is 9.59 Å². The first-order valence-corrected chi connectivity index (χ1v) is 12.3. The molecule has 0 saturated heterocycles. The molecule has 1 atom stereocenters. The molecule has 7 heteroatoms. The molecular weight excluding hydrogens is 491 g/mol. The Labute approximate surface area is 215 Å². The van der Waals surface area contributed by atoms with Crippen molar-refractivity contribution >= 4 is 46.6 Å². The number of halogens is 3. The summed E-state index contributed by atoms with van der Waals surface area (Å²) in [5.74, 6) is -0.337. The van der Waals surface area contributed by atoms with E-state index in [2.05, 4.69) is 5.32 Å². The number of rotatable bonds is 10. The Morgan fingerprint density at radius 3 is 2.24 bits per heavy atom. The molecule has 0 unspecified atom stereocenters. The summed E-state index contributed by atoms with van der Waals surface area (Å²) in [5, 5.41) is 4.35. The predicted molar refractivity (Wildman–Crippen MR) is 139 cm³/mol. The largest absolute Gasteiger partial charge is 0.355 e. The van der Waals surface area contributed by atoms with Crippen LogP contribution < -0.4 is 5.32 Å². The summed E-state index contributed by atoms with van der Waals surface area (Å²) in [6.45, 7) is 2.56. The minimum absolute atomic E-state index is 0.141. The summed E-state index contributed by atoms with van der Waals surface area (Å²) in [5.41, 5.74) is 2.66. The summed E-state index contributed by atoms with van der Waals surface area (Å²) in [4.78, 5) is 28.4. The number of amides is 2. The number of benzene rings is 3. The van der Waals surface area contributed by atoms with Gasteiger partial charge in [-0.2, -0.15) is 0 Å². The van der Waals surface area contributed by atoms with Crippen molar-refractivity contribution in [2.45, 2.75) is 38.8 Å². The van der Waals surface area contributed by atoms with Crippen LogP contribution in [0, 0.1) is 0 Å². The van der Waals surface area contributed by atoms with Gasteiger partial charge in [0.25, 0.3) is 0 Å². The minimum Gasteiger partial charge on any atom is -0.355 e. The SMILES string of the molecule is CCNC(=O)[C@H](Cc1ccccc1)N(Cc1ccc(Cl)c(Cl)c1)C(=O)CCc1ccccc1Cl. The van der Waals surface area contributed by atoms with Crippen LogP contribution in [-0.2, 0) is 29.0 Å². The van der Waals surface area contributed by atoms with Crippen LogP contribution in [0.2, 0.25) is 15.1 Å². The number of carbonyl (C=O) groups excluding carboxylic acids is 2. The first-order chi connectivity index (χ1) is 16.4. The highest BCUT2D eigenvalue weighted by Crippen LogP contribution is 2.25. The number of nitrogens with zero attached hydrogens (tertiary/aromatic N) is 1. The van der Waals surface area contributed by atoms with Crippen LogP contribution in [0.5, 0.6) is 0 Å². The first kappa shape index (κ1) is 26.1. The van der Waals surface area contributed by atoms with Gasteiger partial charge in [-0.15, -0.1) is 0 Å². The normalized spacial score (nSPS) is 11.6. The van der Waals surface area contributed by atoms with Crippen molar-refractivity contribution in [3.05, 3.63) is 105 Å². The van der Waals surface area contributed by atoms with Gasteiger partial charge in [-0.1, -0.05) is 89.4 Å². The summed E-state index contributed by atoms with van der Waals surface area (Å²) in [7, 11) is 0. The van der Waals surface area contributed by atoms with Gasteiger partial charge in [0.1, 0.15) is 6.04 Å². The highest BCUT2D eigenvalue weighted by atomic mass is 35.5. The van der Waals surface area contributed by atoms with Crippen molar-refractivity contribution in [3.63, 3.8) is 0 Å². The van der Waals surface area contributed by atoms with Gasteiger partial charge in [0, 0.05) is 31.0 Å². The van der Waals surface area contributed by atoms with Crippen LogP contribution in [0.4, 0.5) is 0 Å². The number of hydrogen-bond donors (Lipinski definition) is 1. The molecule has 0 spiro atoms. The van der Waals surface area contributed by atoms with E-state index in [-0.39, 0.29) is 24.8 Å². The maximum atomic E-state index is 13.6. The van der Waals surface area contributed by atoms with E-state index in [1.807, 2.05) is 67.6 Å². The molecule has 1 N–H and O–H groups in total. The van der Waals surface area contributed by atoms with Crippen LogP contribution in [0.3, 0.4) is 0 Å². The van der Waals surface area contributed by atoms with E-state index in [1.165, 1.54) is 0 Å². The predicted octanol–water partition coefficient (Wildman–Crippen LogP) is 6.36. The summed E-state index contributed by atoms with van der Waals surface area (Å²) >= 11 is 18.6. The standard InChI is InChI=1S/C27H27Cl3N2O2/c1-2-31-27(34)25(17-19-8-4-3-5-9-19)32(18-20-12-14-23(29)24(30)16-20)26(33)15-13-21-10-6-7-11-22(21)28/h3-12,14,16,25H,2,13,15,17-18H2,1H3,(H,31,34)/t25-/m0/s1. The topological polar surface area (TPSA) is 49.4 Å². The third-order valence-corrected chi connectivity index (χ3v) is 6.63. The zero-order chi connectivity index (χ0) is 24.5. The van der Waals surface area contributed by atoms with Gasteiger partial charge >= 0.3 is 0 Å². The molecule has 0 bridgehead atoms. The Balaban J connectivity index is 1.92. The fourth-order valence-electron chi connectivity index (χ4n) is 3.77. The molecule has 2 amide bonds. The van der Waals surface area contributed by atoms with E-state index in [0.29, 0.717) is 34.5 Å². The second kappa shape index (κ2) is 12.8. The Morgan fingerprint density at radius 1 is 0.853 bits per heavy atom. The number of nitrogens with one attached hydrogen (secondary N) is 1. The van der Waals surface area contributed by atoms with E-state index in [4.69, 9.17) is 34.8 Å². The van der Waals surface area contributed by atoms with Gasteiger partial charge in [-0.3, -0.25) is 9.59 Å². The second-order valence-corrected chi connectivity index (χ2v) is 9.18. The van der Waals surface area contributed by atoms with Crippen LogP contribution in [0.15, 0.2) is 72.8 Å². The maximum Gasteiger partial charge on any atom is 0.243 e. The zero-order valence-corrected chi connectivity index (χ0v) is 21.2. The number of hydrogen-bond acceptors (Lipinski definition) is 2. The molecule has 3 aromatic carbocycles. The second-order valence-electron chi connectivity index (χ2n) is 7.96. The van der Waals surface area contributed by atoms with E-state index in [1.54, 1.807) is 17.0 Å². The van der Waals surface area contributed by atoms with Gasteiger partial charge in [0.15, 0.2) is 0 Å². The van der Waals surface area contributed by atoms with E-state index < -0.39 is 6.04 Å². The number of aryl methyl sites for hydroxylation is 1. The summed E-state index contributed by atoms with van der Waals surface area (Å²) in [6.07, 6.45) is 1.09. The number of likely N-dealkylation sites (N-methyl/N-ethyl adjacent to an activating group) is 1. The van der Waals surface area contributed by atoms with Crippen molar-refractivity contribution in [3.8, 4) is 0 Å². The van der Waals surface area contributed by atoms with E-state index in [9.17, 15) is 9.59 Å². The molecule has 0 heterocycles. The average molecular weight is 518 g/mol. The molecule has 4 nitrogen and oxygen atoms in total. The van der Waals surface area contributed by atoms with Gasteiger partial charge in [0.05, 0.1) is 10.0 Å². The van der Waals surface area contributed by atoms with Gasteiger partial charge in [0.2, 0.25) is 11.8 Å². The van der Waals surface area contributed by atoms with Crippen molar-refractivity contribution in [2.24, 2.45) is 0 Å². The molecule has 178 valence electrons. The Bertz CT molecular complexity index is 1120. The highest BCUT2D eigenvalue weighted by molar-refractivity contribution is 6.42. The van der Waals surface area contributed by atoms with Crippen LogP contribution in [0.25, 0.3) is 0 Å². The maximum absolute atomic E-state index is 13.6. The molecular formula is C27H27Cl3N2O2. The fourth-order valence-corrected chi connectivity index (χ4v) is 4.32. The highest BCUT2D eigenvalue weighted by Gasteiger charge is 2.30. The lowest BCUT2D eigenvalue weighted by molar-refractivity contribution is -0.141. The molecule has 0 radical (unpaired) electrons. The van der Waals surface area contributed by atoms with Crippen LogP contribution in [-0.4, -0.2) is 29.3 Å². The monoisotopic (exact) mass is 516 g/mol. The van der Waals surface area contributed by atoms with Crippen LogP contribution in [0.1, 0.15) is 30.0 Å². The Morgan fingerprint density at radius 2 is 1.56 bits per heavy atom. The third kappa shape index (κ3) is 7.23. The summed E-state index contributed by atoms with van der Waals surface area (Å²) < 4.78 is 0. The minimum atomic E-state index is -0.685. The zero-order valence-electron chi connectivity index (χ0n) is 18.9. The van der Waals surface area contributed by atoms with E-state index >= 15 is 0 Å². The molecule has 0 saturated carbocycles. The lowest BCUT2D eigenvalue weighted by Crippen LogP contribution is -2.50.